The smallest absolute Gasteiger partial charge is 0.119 e. The molecule has 1 atom stereocenters. The summed E-state index contributed by atoms with van der Waals surface area (Å²) in [6, 6.07) is 8.12. The van der Waals surface area contributed by atoms with Crippen molar-refractivity contribution >= 4 is 5.71 Å². The molecular formula is C16H23NO3. The predicted molar refractivity (Wildman–Crippen MR) is 78.7 cm³/mol. The quantitative estimate of drug-likeness (QED) is 0.472. The van der Waals surface area contributed by atoms with E-state index in [2.05, 4.69) is 17.3 Å². The van der Waals surface area contributed by atoms with Crippen molar-refractivity contribution in [3.63, 3.8) is 0 Å². The van der Waals surface area contributed by atoms with Crippen molar-refractivity contribution in [2.75, 3.05) is 13.2 Å². The molecular weight excluding hydrogens is 254 g/mol. The first kappa shape index (κ1) is 14.9. The maximum Gasteiger partial charge on any atom is 0.119 e. The van der Waals surface area contributed by atoms with Crippen molar-refractivity contribution in [2.24, 2.45) is 5.16 Å². The van der Waals surface area contributed by atoms with E-state index in [1.54, 1.807) is 0 Å². The first-order valence-electron chi connectivity index (χ1n) is 7.29. The summed E-state index contributed by atoms with van der Waals surface area (Å²) in [6.45, 7) is 3.43. The third-order valence-corrected chi connectivity index (χ3v) is 3.60. The second-order valence-electron chi connectivity index (χ2n) is 5.25. The van der Waals surface area contributed by atoms with Crippen LogP contribution in [0.15, 0.2) is 29.4 Å². The molecule has 1 aliphatic rings. The lowest BCUT2D eigenvalue weighted by Gasteiger charge is -2.11. The van der Waals surface area contributed by atoms with E-state index in [9.17, 15) is 0 Å². The molecule has 110 valence electrons. The minimum atomic E-state index is 0.384. The number of aryl methyl sites for hydroxylation is 1. The summed E-state index contributed by atoms with van der Waals surface area (Å²) in [4.78, 5) is 0. The third-order valence-electron chi connectivity index (χ3n) is 3.60. The lowest BCUT2D eigenvalue weighted by molar-refractivity contribution is 0.0903. The fourth-order valence-electron chi connectivity index (χ4n) is 2.31. The number of oxime groups is 1. The van der Waals surface area contributed by atoms with Crippen molar-refractivity contribution in [3.8, 4) is 5.75 Å². The lowest BCUT2D eigenvalue weighted by Crippen LogP contribution is -2.10. The highest BCUT2D eigenvalue weighted by Gasteiger charge is 2.14. The van der Waals surface area contributed by atoms with Gasteiger partial charge in [-0.3, -0.25) is 0 Å². The minimum Gasteiger partial charge on any atom is -0.493 e. The van der Waals surface area contributed by atoms with Crippen LogP contribution in [0.5, 0.6) is 5.75 Å². The van der Waals surface area contributed by atoms with Crippen molar-refractivity contribution in [3.05, 3.63) is 29.8 Å². The molecule has 1 fully saturated rings. The van der Waals surface area contributed by atoms with Gasteiger partial charge in [0.2, 0.25) is 0 Å². The second-order valence-corrected chi connectivity index (χ2v) is 5.25. The summed E-state index contributed by atoms with van der Waals surface area (Å²) in [5.74, 6) is 0.902. The Hall–Kier alpha value is -1.55. The highest BCUT2D eigenvalue weighted by molar-refractivity contribution is 5.81. The molecule has 20 heavy (non-hydrogen) atoms. The van der Waals surface area contributed by atoms with Crippen LogP contribution in [0.4, 0.5) is 0 Å². The van der Waals surface area contributed by atoms with Crippen LogP contribution in [0.25, 0.3) is 0 Å². The van der Waals surface area contributed by atoms with Gasteiger partial charge in [-0.2, -0.15) is 0 Å². The zero-order valence-electron chi connectivity index (χ0n) is 12.0. The Morgan fingerprint density at radius 2 is 2.20 bits per heavy atom. The van der Waals surface area contributed by atoms with Gasteiger partial charge in [0.25, 0.3) is 0 Å². The summed E-state index contributed by atoms with van der Waals surface area (Å²) in [5.41, 5.74) is 1.97. The maximum absolute atomic E-state index is 8.60. The molecule has 1 saturated heterocycles. The molecule has 0 radical (unpaired) electrons. The third kappa shape index (κ3) is 4.85. The van der Waals surface area contributed by atoms with Crippen molar-refractivity contribution in [2.45, 2.75) is 45.1 Å². The van der Waals surface area contributed by atoms with Gasteiger partial charge in [-0.25, -0.2) is 0 Å². The fraction of sp³-hybridized carbons (Fsp3) is 0.562. The molecule has 1 aliphatic heterocycles. The van der Waals surface area contributed by atoms with E-state index in [1.165, 1.54) is 12.0 Å². The molecule has 1 heterocycles. The Morgan fingerprint density at radius 3 is 2.85 bits per heavy atom. The molecule has 1 aromatic carbocycles. The topological polar surface area (TPSA) is 51.0 Å². The van der Waals surface area contributed by atoms with E-state index in [0.29, 0.717) is 12.7 Å². The van der Waals surface area contributed by atoms with Crippen molar-refractivity contribution in [1.82, 2.24) is 0 Å². The molecule has 4 nitrogen and oxygen atoms in total. The number of rotatable bonds is 7. The standard InChI is InChI=1S/C16H23NO3/c1-13(17-18)4-5-14-6-8-16(9-7-14)20-12-10-15-3-2-11-19-15/h6-9,15,18H,2-5,10-12H2,1H3. The molecule has 2 rings (SSSR count). The summed E-state index contributed by atoms with van der Waals surface area (Å²) in [6.07, 6.45) is 5.34. The Bertz CT molecular complexity index is 422. The predicted octanol–water partition coefficient (Wildman–Crippen LogP) is 3.42. The van der Waals surface area contributed by atoms with Gasteiger partial charge in [0.1, 0.15) is 5.75 Å². The molecule has 0 spiro atoms. The Morgan fingerprint density at radius 1 is 1.40 bits per heavy atom. The summed E-state index contributed by atoms with van der Waals surface area (Å²) in [5, 5.41) is 11.8. The van der Waals surface area contributed by atoms with Crippen LogP contribution in [-0.4, -0.2) is 30.2 Å². The van der Waals surface area contributed by atoms with Crippen LogP contribution in [0.3, 0.4) is 0 Å². The number of benzene rings is 1. The molecule has 0 bridgehead atoms. The largest absolute Gasteiger partial charge is 0.493 e. The van der Waals surface area contributed by atoms with Crippen LogP contribution >= 0.6 is 0 Å². The van der Waals surface area contributed by atoms with E-state index in [-0.39, 0.29) is 0 Å². The Labute approximate surface area is 120 Å². The fourth-order valence-corrected chi connectivity index (χ4v) is 2.31. The van der Waals surface area contributed by atoms with Gasteiger partial charge in [0, 0.05) is 13.0 Å². The monoisotopic (exact) mass is 277 g/mol. The average Bonchev–Trinajstić information content (AvgIpc) is 2.99. The van der Waals surface area contributed by atoms with E-state index in [4.69, 9.17) is 14.7 Å². The molecule has 0 aromatic heterocycles. The zero-order chi connectivity index (χ0) is 14.2. The van der Waals surface area contributed by atoms with Crippen LogP contribution < -0.4 is 4.74 Å². The molecule has 1 N–H and O–H groups in total. The number of hydrogen-bond acceptors (Lipinski definition) is 4. The summed E-state index contributed by atoms with van der Waals surface area (Å²) < 4.78 is 11.3. The average molecular weight is 277 g/mol. The van der Waals surface area contributed by atoms with Gasteiger partial charge in [-0.05, 0) is 50.3 Å². The van der Waals surface area contributed by atoms with Crippen molar-refractivity contribution in [1.29, 1.82) is 0 Å². The molecule has 1 unspecified atom stereocenters. The molecule has 0 saturated carbocycles. The van der Waals surface area contributed by atoms with Crippen LogP contribution in [0, 0.1) is 0 Å². The van der Waals surface area contributed by atoms with Gasteiger partial charge < -0.3 is 14.7 Å². The van der Waals surface area contributed by atoms with Gasteiger partial charge in [-0.1, -0.05) is 17.3 Å². The summed E-state index contributed by atoms with van der Waals surface area (Å²) >= 11 is 0. The first-order valence-corrected chi connectivity index (χ1v) is 7.29. The second kappa shape index (κ2) is 7.90. The van der Waals surface area contributed by atoms with Crippen molar-refractivity contribution < 1.29 is 14.7 Å². The van der Waals surface area contributed by atoms with Gasteiger partial charge >= 0.3 is 0 Å². The van der Waals surface area contributed by atoms with E-state index >= 15 is 0 Å². The van der Waals surface area contributed by atoms with Gasteiger partial charge in [0.15, 0.2) is 0 Å². The number of ether oxygens (including phenoxy) is 2. The summed E-state index contributed by atoms with van der Waals surface area (Å²) in [7, 11) is 0. The maximum atomic E-state index is 8.60. The minimum absolute atomic E-state index is 0.384. The molecule has 1 aromatic rings. The van der Waals surface area contributed by atoms with Crippen LogP contribution in [-0.2, 0) is 11.2 Å². The molecule has 4 heteroatoms. The van der Waals surface area contributed by atoms with E-state index in [0.717, 1.165) is 43.8 Å². The Kier molecular flexibility index (Phi) is 5.87. The first-order chi connectivity index (χ1) is 9.78. The number of nitrogens with zero attached hydrogens (tertiary/aromatic N) is 1. The van der Waals surface area contributed by atoms with E-state index < -0.39 is 0 Å². The SMILES string of the molecule is CC(CCc1ccc(OCCC2CCCO2)cc1)=NO. The highest BCUT2D eigenvalue weighted by atomic mass is 16.5. The van der Waals surface area contributed by atoms with E-state index in [1.807, 2.05) is 19.1 Å². The normalized spacial score (nSPS) is 19.2. The van der Waals surface area contributed by atoms with Gasteiger partial charge in [0.05, 0.1) is 18.4 Å². The molecule has 0 amide bonds. The lowest BCUT2D eigenvalue weighted by atomic mass is 10.1. The van der Waals surface area contributed by atoms with Crippen LogP contribution in [0.2, 0.25) is 0 Å². The van der Waals surface area contributed by atoms with Gasteiger partial charge in [-0.15, -0.1) is 0 Å². The number of hydrogen-bond donors (Lipinski definition) is 1. The highest BCUT2D eigenvalue weighted by Crippen LogP contribution is 2.17. The molecule has 0 aliphatic carbocycles. The van der Waals surface area contributed by atoms with Crippen LogP contribution in [0.1, 0.15) is 38.2 Å². The Balaban J connectivity index is 1.70. The zero-order valence-corrected chi connectivity index (χ0v) is 12.0.